The highest BCUT2D eigenvalue weighted by atomic mass is 32.1. The van der Waals surface area contributed by atoms with Gasteiger partial charge in [-0.3, -0.25) is 0 Å². The number of azo groups is 1. The van der Waals surface area contributed by atoms with E-state index in [0.717, 1.165) is 10.7 Å². The van der Waals surface area contributed by atoms with Crippen molar-refractivity contribution in [1.29, 1.82) is 0 Å². The van der Waals surface area contributed by atoms with Crippen molar-refractivity contribution < 1.29 is 5.11 Å². The fourth-order valence-electron chi connectivity index (χ4n) is 1.47. The molecule has 0 spiro atoms. The van der Waals surface area contributed by atoms with Crippen LogP contribution in [0.15, 0.2) is 28.4 Å². The van der Waals surface area contributed by atoms with Crippen LogP contribution in [0, 0.1) is 0 Å². The van der Waals surface area contributed by atoms with Crippen LogP contribution in [0.5, 0.6) is 5.75 Å². The minimum atomic E-state index is 0.0912. The zero-order valence-corrected chi connectivity index (χ0v) is 12.7. The van der Waals surface area contributed by atoms with Gasteiger partial charge in [-0.2, -0.15) is 0 Å². The molecule has 0 saturated heterocycles. The van der Waals surface area contributed by atoms with Crippen molar-refractivity contribution in [3.05, 3.63) is 23.2 Å². The van der Waals surface area contributed by atoms with Crippen LogP contribution in [-0.4, -0.2) is 29.4 Å². The van der Waals surface area contributed by atoms with Gasteiger partial charge in [0, 0.05) is 31.8 Å². The largest absolute Gasteiger partial charge is 0.506 e. The topological polar surface area (TPSA) is 74.0 Å². The summed E-state index contributed by atoms with van der Waals surface area (Å²) in [6.07, 6.45) is 0. The molecule has 0 aliphatic rings. The fourth-order valence-corrected chi connectivity index (χ4v) is 2.14. The van der Waals surface area contributed by atoms with E-state index in [0.29, 0.717) is 16.7 Å². The normalized spacial score (nSPS) is 11.4. The number of rotatable bonds is 4. The maximum absolute atomic E-state index is 9.90. The molecule has 0 unspecified atom stereocenters. The van der Waals surface area contributed by atoms with Crippen molar-refractivity contribution in [2.75, 3.05) is 19.0 Å². The van der Waals surface area contributed by atoms with E-state index in [1.165, 1.54) is 11.3 Å². The number of hydrogen-bond donors (Lipinski definition) is 1. The molecule has 0 fully saturated rings. The van der Waals surface area contributed by atoms with Crippen LogP contribution >= 0.6 is 11.3 Å². The van der Waals surface area contributed by atoms with E-state index in [4.69, 9.17) is 0 Å². The number of anilines is 1. The van der Waals surface area contributed by atoms with Gasteiger partial charge in [-0.05, 0) is 12.1 Å². The SMILES string of the molecule is CC(C)c1nnc(N=Nc2ccc(N(C)C)cc2O)s1. The molecule has 1 aromatic carbocycles. The molecule has 7 heteroatoms. The Balaban J connectivity index is 2.18. The lowest BCUT2D eigenvalue weighted by atomic mass is 10.2. The van der Waals surface area contributed by atoms with E-state index >= 15 is 0 Å². The Morgan fingerprint density at radius 2 is 1.95 bits per heavy atom. The van der Waals surface area contributed by atoms with Gasteiger partial charge in [-0.1, -0.05) is 25.2 Å². The summed E-state index contributed by atoms with van der Waals surface area (Å²) < 4.78 is 0. The molecule has 0 radical (unpaired) electrons. The van der Waals surface area contributed by atoms with Gasteiger partial charge in [0.1, 0.15) is 16.4 Å². The molecule has 1 aromatic heterocycles. The maximum atomic E-state index is 9.90. The third-order valence-electron chi connectivity index (χ3n) is 2.64. The fraction of sp³-hybridized carbons (Fsp3) is 0.385. The number of aromatic nitrogens is 2. The maximum Gasteiger partial charge on any atom is 0.251 e. The van der Waals surface area contributed by atoms with Crippen LogP contribution in [0.1, 0.15) is 24.8 Å². The highest BCUT2D eigenvalue weighted by molar-refractivity contribution is 7.15. The third-order valence-corrected chi connectivity index (χ3v) is 3.75. The number of phenolic OH excluding ortho intramolecular Hbond substituents is 1. The summed E-state index contributed by atoms with van der Waals surface area (Å²) in [5.74, 6) is 0.415. The number of aromatic hydroxyl groups is 1. The summed E-state index contributed by atoms with van der Waals surface area (Å²) >= 11 is 1.40. The van der Waals surface area contributed by atoms with Crippen molar-refractivity contribution in [2.24, 2.45) is 10.2 Å². The lowest BCUT2D eigenvalue weighted by molar-refractivity contribution is 0.476. The van der Waals surface area contributed by atoms with Gasteiger partial charge in [-0.15, -0.1) is 20.4 Å². The first-order chi connectivity index (χ1) is 9.47. The van der Waals surface area contributed by atoms with Crippen LogP contribution in [0.3, 0.4) is 0 Å². The monoisotopic (exact) mass is 291 g/mol. The molecular weight excluding hydrogens is 274 g/mol. The molecule has 2 aromatic rings. The van der Waals surface area contributed by atoms with Gasteiger partial charge in [-0.25, -0.2) is 0 Å². The van der Waals surface area contributed by atoms with Crippen molar-refractivity contribution in [2.45, 2.75) is 19.8 Å². The standard InChI is InChI=1S/C13H17N5OS/c1-8(2)12-15-17-13(20-12)16-14-10-6-5-9(18(3)4)7-11(10)19/h5-8,19H,1-4H3. The Morgan fingerprint density at radius 1 is 1.20 bits per heavy atom. The molecule has 2 rings (SSSR count). The molecule has 20 heavy (non-hydrogen) atoms. The highest BCUT2D eigenvalue weighted by Crippen LogP contribution is 2.32. The van der Waals surface area contributed by atoms with Gasteiger partial charge < -0.3 is 10.0 Å². The van der Waals surface area contributed by atoms with E-state index in [2.05, 4.69) is 20.4 Å². The molecule has 0 amide bonds. The predicted octanol–water partition coefficient (Wildman–Crippen LogP) is 3.85. The van der Waals surface area contributed by atoms with Crippen LogP contribution in [-0.2, 0) is 0 Å². The minimum Gasteiger partial charge on any atom is -0.506 e. The average Bonchev–Trinajstić information content (AvgIpc) is 2.86. The first-order valence-electron chi connectivity index (χ1n) is 6.23. The van der Waals surface area contributed by atoms with Gasteiger partial charge in [0.15, 0.2) is 0 Å². The van der Waals surface area contributed by atoms with E-state index < -0.39 is 0 Å². The van der Waals surface area contributed by atoms with Gasteiger partial charge >= 0.3 is 0 Å². The number of nitrogens with zero attached hydrogens (tertiary/aromatic N) is 5. The molecule has 0 aliphatic carbocycles. The lowest BCUT2D eigenvalue weighted by Gasteiger charge is -2.12. The predicted molar refractivity (Wildman–Crippen MR) is 80.6 cm³/mol. The zero-order valence-electron chi connectivity index (χ0n) is 11.9. The van der Waals surface area contributed by atoms with Gasteiger partial charge in [0.05, 0.1) is 0 Å². The van der Waals surface area contributed by atoms with E-state index in [-0.39, 0.29) is 5.75 Å². The quantitative estimate of drug-likeness (QED) is 0.868. The third kappa shape index (κ3) is 3.30. The molecule has 106 valence electrons. The van der Waals surface area contributed by atoms with Crippen LogP contribution in [0.2, 0.25) is 0 Å². The van der Waals surface area contributed by atoms with Crippen molar-refractivity contribution >= 4 is 27.8 Å². The summed E-state index contributed by atoms with van der Waals surface area (Å²) in [4.78, 5) is 1.90. The average molecular weight is 291 g/mol. The summed E-state index contributed by atoms with van der Waals surface area (Å²) in [5, 5.41) is 27.3. The first-order valence-corrected chi connectivity index (χ1v) is 7.04. The first kappa shape index (κ1) is 14.4. The lowest BCUT2D eigenvalue weighted by Crippen LogP contribution is -2.07. The second-order valence-corrected chi connectivity index (χ2v) is 5.83. The van der Waals surface area contributed by atoms with Crippen molar-refractivity contribution in [1.82, 2.24) is 10.2 Å². The minimum absolute atomic E-state index is 0.0912. The number of phenols is 1. The molecule has 0 saturated carbocycles. The Hall–Kier alpha value is -2.02. The summed E-state index contributed by atoms with van der Waals surface area (Å²) in [6.45, 7) is 4.10. The smallest absolute Gasteiger partial charge is 0.251 e. The molecule has 0 aliphatic heterocycles. The molecule has 0 bridgehead atoms. The molecule has 6 nitrogen and oxygen atoms in total. The summed E-state index contributed by atoms with van der Waals surface area (Å²) in [7, 11) is 3.81. The molecule has 1 heterocycles. The Bertz CT molecular complexity index is 621. The Kier molecular flexibility index (Phi) is 4.29. The Morgan fingerprint density at radius 3 is 2.50 bits per heavy atom. The van der Waals surface area contributed by atoms with E-state index in [1.54, 1.807) is 12.1 Å². The van der Waals surface area contributed by atoms with Crippen molar-refractivity contribution in [3.8, 4) is 5.75 Å². The highest BCUT2D eigenvalue weighted by Gasteiger charge is 2.07. The molecular formula is C13H17N5OS. The van der Waals surface area contributed by atoms with Crippen molar-refractivity contribution in [3.63, 3.8) is 0 Å². The summed E-state index contributed by atoms with van der Waals surface area (Å²) in [5.41, 5.74) is 1.32. The molecule has 0 atom stereocenters. The molecule has 1 N–H and O–H groups in total. The van der Waals surface area contributed by atoms with E-state index in [9.17, 15) is 5.11 Å². The van der Waals surface area contributed by atoms with Crippen LogP contribution in [0.25, 0.3) is 0 Å². The van der Waals surface area contributed by atoms with Gasteiger partial charge in [0.25, 0.3) is 5.13 Å². The number of hydrogen-bond acceptors (Lipinski definition) is 7. The van der Waals surface area contributed by atoms with Gasteiger partial charge in [0.2, 0.25) is 0 Å². The second kappa shape index (κ2) is 5.96. The van der Waals surface area contributed by atoms with E-state index in [1.807, 2.05) is 38.9 Å². The number of benzene rings is 1. The van der Waals surface area contributed by atoms with Crippen LogP contribution in [0.4, 0.5) is 16.5 Å². The Labute approximate surface area is 121 Å². The summed E-state index contributed by atoms with van der Waals surface area (Å²) in [6, 6.07) is 5.24. The zero-order chi connectivity index (χ0) is 14.7. The second-order valence-electron chi connectivity index (χ2n) is 4.85. The van der Waals surface area contributed by atoms with Crippen LogP contribution < -0.4 is 4.90 Å².